The van der Waals surface area contributed by atoms with E-state index >= 15 is 0 Å². The van der Waals surface area contributed by atoms with Gasteiger partial charge < -0.3 is 16.4 Å². The van der Waals surface area contributed by atoms with Crippen molar-refractivity contribution >= 4 is 17.6 Å². The largest absolute Gasteiger partial charge is 0.384 e. The normalized spacial score (nSPS) is 11.7. The quantitative estimate of drug-likeness (QED) is 0.426. The van der Waals surface area contributed by atoms with E-state index < -0.39 is 11.9 Å². The van der Waals surface area contributed by atoms with E-state index in [1.165, 1.54) is 6.07 Å². The van der Waals surface area contributed by atoms with Gasteiger partial charge in [-0.15, -0.1) is 0 Å². The predicted octanol–water partition coefficient (Wildman–Crippen LogP) is 2.60. The van der Waals surface area contributed by atoms with Crippen LogP contribution in [0.25, 0.3) is 0 Å². The van der Waals surface area contributed by atoms with Gasteiger partial charge in [-0.25, -0.2) is 0 Å². The van der Waals surface area contributed by atoms with Gasteiger partial charge in [-0.2, -0.15) is 0 Å². The van der Waals surface area contributed by atoms with Crippen LogP contribution >= 0.6 is 0 Å². The minimum absolute atomic E-state index is 0.115. The molecule has 5 N–H and O–H groups in total. The monoisotopic (exact) mass is 366 g/mol. The van der Waals surface area contributed by atoms with Gasteiger partial charge in [0, 0.05) is 17.7 Å². The summed E-state index contributed by atoms with van der Waals surface area (Å²) in [5, 5.41) is 13.2. The first-order chi connectivity index (χ1) is 12.9. The van der Waals surface area contributed by atoms with E-state index in [0.29, 0.717) is 29.2 Å². The van der Waals surface area contributed by atoms with Crippen LogP contribution in [0.15, 0.2) is 54.6 Å². The van der Waals surface area contributed by atoms with E-state index in [1.54, 1.807) is 30.3 Å². The van der Waals surface area contributed by atoms with Gasteiger partial charge in [0.05, 0.1) is 0 Å². The van der Waals surface area contributed by atoms with E-state index in [9.17, 15) is 9.59 Å². The Hall–Kier alpha value is -3.15. The Kier molecular flexibility index (Phi) is 7.11. The molecule has 2 aromatic rings. The first-order valence-corrected chi connectivity index (χ1v) is 8.96. The smallest absolute Gasteiger partial charge is 0.252 e. The Bertz CT molecular complexity index is 803. The van der Waals surface area contributed by atoms with Crippen molar-refractivity contribution in [2.75, 3.05) is 6.54 Å². The van der Waals surface area contributed by atoms with Crippen molar-refractivity contribution < 1.29 is 9.59 Å². The molecule has 27 heavy (non-hydrogen) atoms. The number of amidine groups is 1. The molecule has 0 saturated heterocycles. The number of hydrogen-bond acceptors (Lipinski definition) is 3. The van der Waals surface area contributed by atoms with Gasteiger partial charge in [0.25, 0.3) is 5.91 Å². The number of carbonyl (C=O) groups is 2. The summed E-state index contributed by atoms with van der Waals surface area (Å²) in [4.78, 5) is 25.4. The van der Waals surface area contributed by atoms with E-state index in [-0.39, 0.29) is 11.7 Å². The van der Waals surface area contributed by atoms with Crippen molar-refractivity contribution in [2.45, 2.75) is 26.3 Å². The predicted molar refractivity (Wildman–Crippen MR) is 107 cm³/mol. The summed E-state index contributed by atoms with van der Waals surface area (Å²) >= 11 is 0. The molecule has 0 aliphatic rings. The van der Waals surface area contributed by atoms with Gasteiger partial charge in [-0.3, -0.25) is 15.0 Å². The van der Waals surface area contributed by atoms with Gasteiger partial charge in [0.15, 0.2) is 0 Å². The number of hydrogen-bond donors (Lipinski definition) is 4. The second kappa shape index (κ2) is 9.52. The maximum absolute atomic E-state index is 12.7. The summed E-state index contributed by atoms with van der Waals surface area (Å²) in [5.41, 5.74) is 7.00. The molecular formula is C21H26N4O2. The van der Waals surface area contributed by atoms with Crippen LogP contribution in [0, 0.1) is 11.3 Å². The van der Waals surface area contributed by atoms with E-state index in [1.807, 2.05) is 18.2 Å². The summed E-state index contributed by atoms with van der Waals surface area (Å²) in [6, 6.07) is 14.8. The molecule has 2 rings (SSSR count). The van der Waals surface area contributed by atoms with E-state index in [0.717, 1.165) is 6.42 Å². The fourth-order valence-corrected chi connectivity index (χ4v) is 2.57. The number of amides is 2. The standard InChI is InChI=1S/C21H26N4O2/c1-14(2)11-12-24-21(27)18(15-7-4-3-5-8-15)25-20(26)17-10-6-9-16(13-17)19(22)23/h3-10,13-14,18H,11-12H2,1-2H3,(H3,22,23)(H,24,27)(H,25,26)/t18-/m1/s1. The third-order valence-electron chi connectivity index (χ3n) is 4.13. The molecule has 0 radical (unpaired) electrons. The van der Waals surface area contributed by atoms with E-state index in [4.69, 9.17) is 11.1 Å². The Morgan fingerprint density at radius 1 is 1.04 bits per heavy atom. The lowest BCUT2D eigenvalue weighted by Crippen LogP contribution is -2.41. The molecule has 0 fully saturated rings. The second-order valence-electron chi connectivity index (χ2n) is 6.79. The lowest BCUT2D eigenvalue weighted by molar-refractivity contribution is -0.123. The zero-order valence-electron chi connectivity index (χ0n) is 15.7. The van der Waals surface area contributed by atoms with Crippen molar-refractivity contribution in [1.82, 2.24) is 10.6 Å². The molecule has 142 valence electrons. The minimum Gasteiger partial charge on any atom is -0.384 e. The number of carbonyl (C=O) groups excluding carboxylic acids is 2. The highest BCUT2D eigenvalue weighted by atomic mass is 16.2. The molecule has 0 unspecified atom stereocenters. The van der Waals surface area contributed by atoms with Crippen molar-refractivity contribution in [3.05, 3.63) is 71.3 Å². The van der Waals surface area contributed by atoms with Gasteiger partial charge in [0.2, 0.25) is 5.91 Å². The topological polar surface area (TPSA) is 108 Å². The van der Waals surface area contributed by atoms with Gasteiger partial charge in [-0.1, -0.05) is 56.3 Å². The molecule has 0 aliphatic carbocycles. The van der Waals surface area contributed by atoms with Crippen LogP contribution in [0.1, 0.15) is 47.8 Å². The van der Waals surface area contributed by atoms with Crippen LogP contribution in [0.3, 0.4) is 0 Å². The highest BCUT2D eigenvalue weighted by molar-refractivity contribution is 6.01. The summed E-state index contributed by atoms with van der Waals surface area (Å²) in [6.45, 7) is 4.73. The zero-order valence-corrected chi connectivity index (χ0v) is 15.7. The van der Waals surface area contributed by atoms with Gasteiger partial charge in [0.1, 0.15) is 11.9 Å². The molecule has 0 aliphatic heterocycles. The summed E-state index contributed by atoms with van der Waals surface area (Å²) in [6.07, 6.45) is 0.863. The molecule has 0 heterocycles. The Morgan fingerprint density at radius 3 is 2.33 bits per heavy atom. The molecule has 0 aromatic heterocycles. The lowest BCUT2D eigenvalue weighted by Gasteiger charge is -2.19. The van der Waals surface area contributed by atoms with Gasteiger partial charge in [-0.05, 0) is 30.0 Å². The molecule has 0 saturated carbocycles. The van der Waals surface area contributed by atoms with Crippen LogP contribution in [0.5, 0.6) is 0 Å². The first-order valence-electron chi connectivity index (χ1n) is 8.96. The number of nitrogens with two attached hydrogens (primary N) is 1. The second-order valence-corrected chi connectivity index (χ2v) is 6.79. The average Bonchev–Trinajstić information content (AvgIpc) is 2.66. The van der Waals surface area contributed by atoms with Crippen molar-refractivity contribution in [3.63, 3.8) is 0 Å². The average molecular weight is 366 g/mol. The molecule has 1 atom stereocenters. The van der Waals surface area contributed by atoms with Crippen LogP contribution < -0.4 is 16.4 Å². The summed E-state index contributed by atoms with van der Waals surface area (Å²) in [7, 11) is 0. The minimum atomic E-state index is -0.799. The van der Waals surface area contributed by atoms with Crippen LogP contribution in [-0.4, -0.2) is 24.2 Å². The summed E-state index contributed by atoms with van der Waals surface area (Å²) in [5.74, 6) is -0.288. The van der Waals surface area contributed by atoms with Crippen molar-refractivity contribution in [1.29, 1.82) is 5.41 Å². The van der Waals surface area contributed by atoms with E-state index in [2.05, 4.69) is 24.5 Å². The number of nitrogens with one attached hydrogen (secondary N) is 3. The first kappa shape index (κ1) is 20.2. The summed E-state index contributed by atoms with van der Waals surface area (Å²) < 4.78 is 0. The molecule has 2 aromatic carbocycles. The SMILES string of the molecule is CC(C)CCNC(=O)[C@H](NC(=O)c1cccc(C(=N)N)c1)c1ccccc1. The molecule has 0 spiro atoms. The third-order valence-corrected chi connectivity index (χ3v) is 4.13. The van der Waals surface area contributed by atoms with Crippen molar-refractivity contribution in [3.8, 4) is 0 Å². The Balaban J connectivity index is 2.18. The fraction of sp³-hybridized carbons (Fsp3) is 0.286. The highest BCUT2D eigenvalue weighted by Gasteiger charge is 2.23. The molecule has 6 heteroatoms. The maximum Gasteiger partial charge on any atom is 0.252 e. The number of rotatable bonds is 8. The van der Waals surface area contributed by atoms with Gasteiger partial charge >= 0.3 is 0 Å². The fourth-order valence-electron chi connectivity index (χ4n) is 2.57. The number of nitrogen functional groups attached to an aromatic ring is 1. The zero-order chi connectivity index (χ0) is 19.8. The highest BCUT2D eigenvalue weighted by Crippen LogP contribution is 2.15. The van der Waals surface area contributed by atoms with Crippen LogP contribution in [-0.2, 0) is 4.79 Å². The number of benzene rings is 2. The third kappa shape index (κ3) is 5.95. The molecule has 6 nitrogen and oxygen atoms in total. The molecular weight excluding hydrogens is 340 g/mol. The molecule has 0 bridgehead atoms. The molecule has 2 amide bonds. The lowest BCUT2D eigenvalue weighted by atomic mass is 10.0. The van der Waals surface area contributed by atoms with Crippen LogP contribution in [0.2, 0.25) is 0 Å². The Labute approximate surface area is 159 Å². The van der Waals surface area contributed by atoms with Crippen molar-refractivity contribution in [2.24, 2.45) is 11.7 Å². The van der Waals surface area contributed by atoms with Crippen LogP contribution in [0.4, 0.5) is 0 Å². The maximum atomic E-state index is 12.7. The Morgan fingerprint density at radius 2 is 1.70 bits per heavy atom.